The van der Waals surface area contributed by atoms with Crippen molar-refractivity contribution in [3.63, 3.8) is 0 Å². The highest BCUT2D eigenvalue weighted by Gasteiger charge is 2.11. The van der Waals surface area contributed by atoms with Crippen molar-refractivity contribution < 1.29 is 9.47 Å². The molecule has 84 valence electrons. The van der Waals surface area contributed by atoms with E-state index in [1.165, 1.54) is 0 Å². The van der Waals surface area contributed by atoms with Crippen LogP contribution in [0, 0.1) is 0 Å². The fourth-order valence-corrected chi connectivity index (χ4v) is 0.961. The van der Waals surface area contributed by atoms with Crippen LogP contribution in [0.25, 0.3) is 0 Å². The van der Waals surface area contributed by atoms with Gasteiger partial charge in [-0.1, -0.05) is 6.32 Å². The summed E-state index contributed by atoms with van der Waals surface area (Å²) in [5, 5.41) is 0. The number of hydrogen-bond acceptors (Lipinski definition) is 2. The summed E-state index contributed by atoms with van der Waals surface area (Å²) in [5.41, 5.74) is -0.0181. The second kappa shape index (κ2) is 5.77. The Balaban J connectivity index is 3.23. The van der Waals surface area contributed by atoms with Crippen LogP contribution in [0.15, 0.2) is 0 Å². The van der Waals surface area contributed by atoms with Crippen LogP contribution >= 0.6 is 0 Å². The summed E-state index contributed by atoms with van der Waals surface area (Å²) in [5.74, 6) is 0. The molecular weight excluding hydrogens is 175 g/mol. The van der Waals surface area contributed by atoms with Gasteiger partial charge in [-0.15, -0.1) is 0 Å². The summed E-state index contributed by atoms with van der Waals surface area (Å²) in [6, 6.07) is 0. The van der Waals surface area contributed by atoms with Gasteiger partial charge in [-0.05, 0) is 41.5 Å². The Morgan fingerprint density at radius 1 is 0.857 bits per heavy atom. The molecule has 0 aromatic rings. The molecule has 0 fully saturated rings. The Labute approximate surface area is 89.6 Å². The van der Waals surface area contributed by atoms with Gasteiger partial charge in [0.2, 0.25) is 0 Å². The smallest absolute Gasteiger partial charge is 0.155 e. The standard InChI is InChI=1S/C11H25BO2/c1-10(2,3)13-8-7-12-9-14-11(4,5)6/h12H,7-9H2,1-6H3. The fourth-order valence-electron chi connectivity index (χ4n) is 0.961. The largest absolute Gasteiger partial charge is 0.384 e. The molecule has 0 aliphatic carbocycles. The predicted molar refractivity (Wildman–Crippen MR) is 63.4 cm³/mol. The van der Waals surface area contributed by atoms with Crippen LogP contribution in [0.4, 0.5) is 0 Å². The highest BCUT2D eigenvalue weighted by atomic mass is 16.5. The van der Waals surface area contributed by atoms with Gasteiger partial charge in [0.1, 0.15) is 0 Å². The van der Waals surface area contributed by atoms with Gasteiger partial charge in [0.25, 0.3) is 0 Å². The Morgan fingerprint density at radius 3 is 1.79 bits per heavy atom. The van der Waals surface area contributed by atoms with Crippen molar-refractivity contribution in [2.24, 2.45) is 0 Å². The van der Waals surface area contributed by atoms with E-state index in [1.54, 1.807) is 0 Å². The van der Waals surface area contributed by atoms with Crippen molar-refractivity contribution in [2.45, 2.75) is 59.1 Å². The van der Waals surface area contributed by atoms with Crippen LogP contribution in [0.5, 0.6) is 0 Å². The van der Waals surface area contributed by atoms with Crippen LogP contribution in [-0.4, -0.2) is 31.6 Å². The number of hydrogen-bond donors (Lipinski definition) is 0. The van der Waals surface area contributed by atoms with Gasteiger partial charge in [0.05, 0.1) is 11.2 Å². The molecule has 0 saturated heterocycles. The zero-order valence-electron chi connectivity index (χ0n) is 10.6. The molecule has 0 heterocycles. The average molecular weight is 200 g/mol. The summed E-state index contributed by atoms with van der Waals surface area (Å²) >= 11 is 0. The van der Waals surface area contributed by atoms with E-state index in [0.29, 0.717) is 0 Å². The number of rotatable bonds is 5. The maximum absolute atomic E-state index is 5.61. The lowest BCUT2D eigenvalue weighted by atomic mass is 9.76. The van der Waals surface area contributed by atoms with Crippen molar-refractivity contribution in [2.75, 3.05) is 13.1 Å². The lowest BCUT2D eigenvalue weighted by Gasteiger charge is -2.21. The molecule has 0 aliphatic rings. The van der Waals surface area contributed by atoms with Crippen LogP contribution < -0.4 is 0 Å². The number of ether oxygens (including phenoxy) is 2. The van der Waals surface area contributed by atoms with Gasteiger partial charge < -0.3 is 9.47 Å². The summed E-state index contributed by atoms with van der Waals surface area (Å²) in [4.78, 5) is 0. The molecule has 0 atom stereocenters. The lowest BCUT2D eigenvalue weighted by molar-refractivity contribution is 0.00332. The Bertz CT molecular complexity index is 126. The van der Waals surface area contributed by atoms with E-state index >= 15 is 0 Å². The van der Waals surface area contributed by atoms with Gasteiger partial charge >= 0.3 is 0 Å². The first-order valence-electron chi connectivity index (χ1n) is 5.49. The predicted octanol–water partition coefficient (Wildman–Crippen LogP) is 2.43. The maximum Gasteiger partial charge on any atom is 0.155 e. The van der Waals surface area contributed by atoms with Gasteiger partial charge in [-0.25, -0.2) is 0 Å². The van der Waals surface area contributed by atoms with Gasteiger partial charge in [-0.3, -0.25) is 0 Å². The Morgan fingerprint density at radius 2 is 1.36 bits per heavy atom. The molecule has 0 rings (SSSR count). The molecule has 0 saturated carbocycles. The summed E-state index contributed by atoms with van der Waals surface area (Å²) in [7, 11) is 1.08. The summed E-state index contributed by atoms with van der Waals surface area (Å²) in [6.45, 7) is 14.2. The van der Waals surface area contributed by atoms with E-state index in [4.69, 9.17) is 9.47 Å². The van der Waals surface area contributed by atoms with Gasteiger partial charge in [-0.2, -0.15) is 0 Å². The van der Waals surface area contributed by atoms with Crippen molar-refractivity contribution >= 4 is 7.28 Å². The fraction of sp³-hybridized carbons (Fsp3) is 1.00. The normalized spacial score (nSPS) is 13.0. The molecule has 2 nitrogen and oxygen atoms in total. The molecule has 0 aromatic carbocycles. The van der Waals surface area contributed by atoms with Crippen LogP contribution in [0.2, 0.25) is 6.32 Å². The summed E-state index contributed by atoms with van der Waals surface area (Å²) < 4.78 is 11.2. The molecule has 0 unspecified atom stereocenters. The molecule has 14 heavy (non-hydrogen) atoms. The highest BCUT2D eigenvalue weighted by Crippen LogP contribution is 2.08. The lowest BCUT2D eigenvalue weighted by Crippen LogP contribution is -2.24. The van der Waals surface area contributed by atoms with Crippen molar-refractivity contribution in [1.29, 1.82) is 0 Å². The van der Waals surface area contributed by atoms with Crippen LogP contribution in [0.3, 0.4) is 0 Å². The minimum absolute atomic E-state index is 0.00904. The first kappa shape index (κ1) is 14.0. The zero-order chi connectivity index (χ0) is 11.2. The van der Waals surface area contributed by atoms with Crippen molar-refractivity contribution in [3.05, 3.63) is 0 Å². The van der Waals surface area contributed by atoms with E-state index in [1.807, 2.05) is 0 Å². The van der Waals surface area contributed by atoms with E-state index in [-0.39, 0.29) is 11.2 Å². The maximum atomic E-state index is 5.61. The first-order valence-corrected chi connectivity index (χ1v) is 5.49. The van der Waals surface area contributed by atoms with Crippen molar-refractivity contribution in [3.8, 4) is 0 Å². The average Bonchev–Trinajstić information content (AvgIpc) is 1.92. The molecule has 0 amide bonds. The Hall–Kier alpha value is -0.0151. The molecule has 0 aliphatic heterocycles. The minimum atomic E-state index is -0.00904. The van der Waals surface area contributed by atoms with E-state index in [2.05, 4.69) is 41.5 Å². The quantitative estimate of drug-likeness (QED) is 0.501. The molecule has 0 N–H and O–H groups in total. The van der Waals surface area contributed by atoms with Gasteiger partial charge in [0, 0.05) is 13.1 Å². The summed E-state index contributed by atoms with van der Waals surface area (Å²) in [6.07, 6.45) is 1.08. The van der Waals surface area contributed by atoms with Crippen LogP contribution in [-0.2, 0) is 9.47 Å². The molecule has 0 bridgehead atoms. The third kappa shape index (κ3) is 12.0. The minimum Gasteiger partial charge on any atom is -0.384 e. The Kier molecular flexibility index (Phi) is 5.76. The molecule has 3 heteroatoms. The van der Waals surface area contributed by atoms with E-state index in [9.17, 15) is 0 Å². The monoisotopic (exact) mass is 200 g/mol. The SMILES string of the molecule is CC(C)(C)OCBCCOC(C)(C)C. The second-order valence-electron chi connectivity index (χ2n) is 5.63. The second-order valence-corrected chi connectivity index (χ2v) is 5.63. The third-order valence-corrected chi connectivity index (χ3v) is 1.61. The van der Waals surface area contributed by atoms with Crippen LogP contribution in [0.1, 0.15) is 41.5 Å². The van der Waals surface area contributed by atoms with E-state index < -0.39 is 0 Å². The molecule has 0 spiro atoms. The first-order chi connectivity index (χ1) is 6.21. The van der Waals surface area contributed by atoms with E-state index in [0.717, 1.165) is 26.7 Å². The topological polar surface area (TPSA) is 18.5 Å². The zero-order valence-corrected chi connectivity index (χ0v) is 10.6. The molecule has 0 aromatic heterocycles. The molecule has 0 radical (unpaired) electrons. The van der Waals surface area contributed by atoms with Gasteiger partial charge in [0.15, 0.2) is 7.28 Å². The van der Waals surface area contributed by atoms with Crippen molar-refractivity contribution in [1.82, 2.24) is 0 Å². The third-order valence-electron chi connectivity index (χ3n) is 1.61. The highest BCUT2D eigenvalue weighted by molar-refractivity contribution is 6.35. The molecular formula is C11H25BO2.